The molecule has 0 saturated heterocycles. The van der Waals surface area contributed by atoms with Gasteiger partial charge in [-0.25, -0.2) is 9.18 Å². The largest absolute Gasteiger partial charge is 0.489 e. The summed E-state index contributed by atoms with van der Waals surface area (Å²) in [4.78, 5) is 15.2. The van der Waals surface area contributed by atoms with Gasteiger partial charge >= 0.3 is 12.6 Å². The van der Waals surface area contributed by atoms with E-state index in [4.69, 9.17) is 47.4 Å². The molecule has 0 unspecified atom stereocenters. The molecule has 1 aliphatic rings. The Morgan fingerprint density at radius 2 is 0.791 bits per heavy atom. The lowest BCUT2D eigenvalue weighted by Gasteiger charge is -2.35. The zero-order chi connectivity index (χ0) is 58.9. The number of halogens is 3. The van der Waals surface area contributed by atoms with Crippen LogP contribution in [0.5, 0.6) is 51.7 Å². The summed E-state index contributed by atoms with van der Waals surface area (Å²) in [6, 6.07) is 73.5. The standard InChI is InChI=1S/C72H59F3O11/c73-66-59(41-65(86-72(74)75)69(82-47-54-32-18-6-19-33-54)70(66)83-48-55-34-20-7-21-35-55)71(76)85-64-40-58-60(78-43-50-24-10-2-11-25-50)38-57(77-42-49-22-8-1-9-23-49)39-61(58)84-67(64)56-36-62(79-44-51-26-12-3-13-27-51)68(81-46-53-30-16-5-17-31-53)63(37-56)80-45-52-28-14-4-15-29-52/h1-39,41,64,67,72H,40,42-48H2/t64-,67+/m1/s1. The van der Waals surface area contributed by atoms with Crippen molar-refractivity contribution in [1.29, 1.82) is 0 Å². The van der Waals surface area contributed by atoms with Crippen molar-refractivity contribution in [1.82, 2.24) is 0 Å². The van der Waals surface area contributed by atoms with Crippen LogP contribution in [0.15, 0.2) is 243 Å². The first-order valence-corrected chi connectivity index (χ1v) is 28.0. The maximum absolute atomic E-state index is 17.6. The topological polar surface area (TPSA) is 109 Å². The summed E-state index contributed by atoms with van der Waals surface area (Å²) in [5, 5.41) is 0. The minimum atomic E-state index is -3.43. The Morgan fingerprint density at radius 1 is 0.419 bits per heavy atom. The molecule has 0 N–H and O–H groups in total. The molecule has 434 valence electrons. The van der Waals surface area contributed by atoms with Gasteiger partial charge in [-0.15, -0.1) is 0 Å². The van der Waals surface area contributed by atoms with Crippen LogP contribution in [0.4, 0.5) is 13.2 Å². The molecule has 0 saturated carbocycles. The maximum Gasteiger partial charge on any atom is 0.387 e. The first kappa shape index (κ1) is 57.5. The molecule has 0 spiro atoms. The van der Waals surface area contributed by atoms with Gasteiger partial charge in [0.2, 0.25) is 17.2 Å². The van der Waals surface area contributed by atoms with Gasteiger partial charge in [-0.1, -0.05) is 212 Å². The number of rotatable bonds is 26. The average Bonchev–Trinajstić information content (AvgIpc) is 2.83. The van der Waals surface area contributed by atoms with Crippen LogP contribution in [0.25, 0.3) is 0 Å². The molecule has 14 heteroatoms. The third-order valence-electron chi connectivity index (χ3n) is 14.0. The molecule has 86 heavy (non-hydrogen) atoms. The second-order valence-electron chi connectivity index (χ2n) is 20.1. The van der Waals surface area contributed by atoms with Crippen molar-refractivity contribution in [2.45, 2.75) is 71.5 Å². The van der Waals surface area contributed by atoms with Crippen molar-refractivity contribution in [2.24, 2.45) is 0 Å². The maximum atomic E-state index is 17.6. The Balaban J connectivity index is 1.04. The number of hydrogen-bond acceptors (Lipinski definition) is 11. The summed E-state index contributed by atoms with van der Waals surface area (Å²) in [6.07, 6.45) is -2.62. The molecular formula is C72H59F3O11. The fourth-order valence-electron chi connectivity index (χ4n) is 9.67. The highest BCUT2D eigenvalue weighted by molar-refractivity contribution is 5.92. The highest BCUT2D eigenvalue weighted by Gasteiger charge is 2.40. The SMILES string of the molecule is O=C(O[C@@H]1Cc2c(OCc3ccccc3)cc(OCc3ccccc3)cc2O[C@H]1c1cc(OCc2ccccc2)c(OCc2ccccc2)c(OCc2ccccc2)c1)c1cc(OC(F)F)c(OCc2ccccc2)c(OCc2ccccc2)c1F. The summed E-state index contributed by atoms with van der Waals surface area (Å²) < 4.78 is 111. The number of ether oxygens (including phenoxy) is 10. The van der Waals surface area contributed by atoms with Gasteiger partial charge in [0.1, 0.15) is 75.2 Å². The van der Waals surface area contributed by atoms with E-state index >= 15 is 9.18 Å². The Kier molecular flexibility index (Phi) is 18.9. The fourth-order valence-corrected chi connectivity index (χ4v) is 9.67. The van der Waals surface area contributed by atoms with Crippen LogP contribution in [0.3, 0.4) is 0 Å². The summed E-state index contributed by atoms with van der Waals surface area (Å²) in [5.74, 6) is -2.40. The number of benzene rings is 10. The minimum Gasteiger partial charge on any atom is -0.489 e. The van der Waals surface area contributed by atoms with Gasteiger partial charge in [0, 0.05) is 35.7 Å². The van der Waals surface area contributed by atoms with E-state index in [2.05, 4.69) is 0 Å². The molecular weight excluding hydrogens is 1100 g/mol. The summed E-state index contributed by atoms with van der Waals surface area (Å²) in [5.41, 5.74) is 5.74. The van der Waals surface area contributed by atoms with Gasteiger partial charge in [0.05, 0.1) is 0 Å². The molecule has 2 atom stereocenters. The van der Waals surface area contributed by atoms with E-state index in [9.17, 15) is 8.78 Å². The third kappa shape index (κ3) is 15.1. The van der Waals surface area contributed by atoms with Gasteiger partial charge < -0.3 is 47.4 Å². The van der Waals surface area contributed by atoms with Crippen molar-refractivity contribution < 1.29 is 65.3 Å². The Morgan fingerprint density at radius 3 is 1.21 bits per heavy atom. The van der Waals surface area contributed by atoms with E-state index in [0.29, 0.717) is 39.5 Å². The highest BCUT2D eigenvalue weighted by atomic mass is 19.3. The van der Waals surface area contributed by atoms with E-state index in [-0.39, 0.29) is 69.9 Å². The van der Waals surface area contributed by atoms with Crippen molar-refractivity contribution >= 4 is 5.97 Å². The Labute approximate surface area is 496 Å². The molecule has 1 heterocycles. The molecule has 10 aromatic carbocycles. The zero-order valence-corrected chi connectivity index (χ0v) is 46.6. The van der Waals surface area contributed by atoms with Gasteiger partial charge in [-0.3, -0.25) is 0 Å². The summed E-state index contributed by atoms with van der Waals surface area (Å²) >= 11 is 0. The lowest BCUT2D eigenvalue weighted by molar-refractivity contribution is -0.0521. The molecule has 0 radical (unpaired) electrons. The third-order valence-corrected chi connectivity index (χ3v) is 14.0. The van der Waals surface area contributed by atoms with Gasteiger partial charge in [-0.05, 0) is 51.1 Å². The lowest BCUT2D eigenvalue weighted by Crippen LogP contribution is -2.35. The van der Waals surface area contributed by atoms with Crippen molar-refractivity contribution in [3.05, 3.63) is 304 Å². The lowest BCUT2D eigenvalue weighted by atomic mass is 9.93. The highest BCUT2D eigenvalue weighted by Crippen LogP contribution is 2.49. The number of hydrogen-bond donors (Lipinski definition) is 0. The van der Waals surface area contributed by atoms with E-state index < -0.39 is 53.4 Å². The Bertz CT molecular complexity index is 3730. The Hall–Kier alpha value is -10.3. The van der Waals surface area contributed by atoms with Crippen LogP contribution in [0.2, 0.25) is 0 Å². The number of carbonyl (C=O) groups is 1. The summed E-state index contributed by atoms with van der Waals surface area (Å²) in [7, 11) is 0. The van der Waals surface area contributed by atoms with Gasteiger partial charge in [0.15, 0.2) is 29.2 Å². The van der Waals surface area contributed by atoms with E-state index in [1.807, 2.05) is 152 Å². The smallest absolute Gasteiger partial charge is 0.387 e. The number of alkyl halides is 2. The molecule has 11 nitrogen and oxygen atoms in total. The second-order valence-corrected chi connectivity index (χ2v) is 20.1. The van der Waals surface area contributed by atoms with E-state index in [0.717, 1.165) is 33.9 Å². The fraction of sp³-hybridized carbons (Fsp3) is 0.153. The number of esters is 1. The predicted octanol–water partition coefficient (Wildman–Crippen LogP) is 16.4. The quantitative estimate of drug-likeness (QED) is 0.0484. The van der Waals surface area contributed by atoms with Gasteiger partial charge in [-0.2, -0.15) is 8.78 Å². The molecule has 10 aromatic rings. The normalized spacial score (nSPS) is 13.3. The summed E-state index contributed by atoms with van der Waals surface area (Å²) in [6.45, 7) is -3.13. The second kappa shape index (κ2) is 28.3. The first-order chi connectivity index (χ1) is 42.3. The molecule has 1 aliphatic heterocycles. The predicted molar refractivity (Wildman–Crippen MR) is 318 cm³/mol. The van der Waals surface area contributed by atoms with Crippen LogP contribution in [0.1, 0.15) is 66.5 Å². The molecule has 0 bridgehead atoms. The van der Waals surface area contributed by atoms with Crippen LogP contribution < -0.4 is 42.6 Å². The molecule has 0 aromatic heterocycles. The van der Waals surface area contributed by atoms with Crippen LogP contribution in [-0.4, -0.2) is 18.7 Å². The van der Waals surface area contributed by atoms with Crippen LogP contribution in [0, 0.1) is 5.82 Å². The number of carbonyl (C=O) groups excluding carboxylic acids is 1. The molecule has 0 aliphatic carbocycles. The molecule has 0 amide bonds. The van der Waals surface area contributed by atoms with E-state index in [1.54, 1.807) is 84.9 Å². The monoisotopic (exact) mass is 1160 g/mol. The van der Waals surface area contributed by atoms with E-state index in [1.165, 1.54) is 0 Å². The van der Waals surface area contributed by atoms with Crippen molar-refractivity contribution in [2.75, 3.05) is 0 Å². The van der Waals surface area contributed by atoms with Crippen LogP contribution >= 0.6 is 0 Å². The minimum absolute atomic E-state index is 0.0842. The van der Waals surface area contributed by atoms with Crippen molar-refractivity contribution in [3.8, 4) is 51.7 Å². The average molecular weight is 1160 g/mol. The molecule has 11 rings (SSSR count). The number of fused-ring (bicyclic) bond motifs is 1. The molecule has 0 fully saturated rings. The van der Waals surface area contributed by atoms with Crippen LogP contribution in [-0.2, 0) is 57.4 Å². The zero-order valence-electron chi connectivity index (χ0n) is 46.6. The first-order valence-electron chi connectivity index (χ1n) is 28.0. The van der Waals surface area contributed by atoms with Gasteiger partial charge in [0.25, 0.3) is 0 Å². The van der Waals surface area contributed by atoms with Crippen molar-refractivity contribution in [3.63, 3.8) is 0 Å².